The van der Waals surface area contributed by atoms with Crippen molar-refractivity contribution in [1.29, 1.82) is 0 Å². The van der Waals surface area contributed by atoms with Crippen LogP contribution in [0.25, 0.3) is 0 Å². The molecule has 0 saturated carbocycles. The number of hydrogen-bond donors (Lipinski definition) is 2. The molecule has 0 spiro atoms. The Balaban J connectivity index is 2.32. The van der Waals surface area contributed by atoms with Gasteiger partial charge in [0.1, 0.15) is 5.60 Å². The average Bonchev–Trinajstić information content (AvgIpc) is 2.73. The SMILES string of the molecule is CCc1sc(C(=O)NCCNC(=O)OC(C)(C)C)cc1C. The van der Waals surface area contributed by atoms with Crippen LogP contribution in [0.5, 0.6) is 0 Å². The highest BCUT2D eigenvalue weighted by molar-refractivity contribution is 7.14. The van der Waals surface area contributed by atoms with Crippen LogP contribution in [0, 0.1) is 6.92 Å². The summed E-state index contributed by atoms with van der Waals surface area (Å²) in [6.07, 6.45) is 0.459. The third kappa shape index (κ3) is 6.16. The summed E-state index contributed by atoms with van der Waals surface area (Å²) in [4.78, 5) is 25.3. The van der Waals surface area contributed by atoms with E-state index < -0.39 is 11.7 Å². The molecule has 1 heterocycles. The standard InChI is InChI=1S/C15H24N2O3S/c1-6-11-10(2)9-12(21-11)13(18)16-7-8-17-14(19)20-15(3,4)5/h9H,6-8H2,1-5H3,(H,16,18)(H,17,19). The predicted molar refractivity (Wildman–Crippen MR) is 85.0 cm³/mol. The third-order valence-electron chi connectivity index (χ3n) is 2.64. The Morgan fingerprint density at radius 3 is 2.38 bits per heavy atom. The minimum absolute atomic E-state index is 0.103. The molecule has 21 heavy (non-hydrogen) atoms. The van der Waals surface area contributed by atoms with Crippen molar-refractivity contribution < 1.29 is 14.3 Å². The number of ether oxygens (including phenoxy) is 1. The van der Waals surface area contributed by atoms with E-state index in [2.05, 4.69) is 17.6 Å². The lowest BCUT2D eigenvalue weighted by Crippen LogP contribution is -2.37. The topological polar surface area (TPSA) is 67.4 Å². The van der Waals surface area contributed by atoms with E-state index in [9.17, 15) is 9.59 Å². The van der Waals surface area contributed by atoms with Crippen molar-refractivity contribution >= 4 is 23.3 Å². The van der Waals surface area contributed by atoms with E-state index in [-0.39, 0.29) is 5.91 Å². The lowest BCUT2D eigenvalue weighted by Gasteiger charge is -2.19. The van der Waals surface area contributed by atoms with Crippen molar-refractivity contribution in [2.75, 3.05) is 13.1 Å². The number of thiophene rings is 1. The Morgan fingerprint density at radius 1 is 1.24 bits per heavy atom. The van der Waals surface area contributed by atoms with Gasteiger partial charge in [0, 0.05) is 18.0 Å². The fourth-order valence-corrected chi connectivity index (χ4v) is 2.75. The van der Waals surface area contributed by atoms with Crippen LogP contribution in [0.3, 0.4) is 0 Å². The fourth-order valence-electron chi connectivity index (χ4n) is 1.72. The summed E-state index contributed by atoms with van der Waals surface area (Å²) >= 11 is 1.52. The van der Waals surface area contributed by atoms with Crippen LogP contribution in [0.1, 0.15) is 47.8 Å². The van der Waals surface area contributed by atoms with E-state index in [4.69, 9.17) is 4.74 Å². The number of carbonyl (C=O) groups excluding carboxylic acids is 2. The number of carbonyl (C=O) groups is 2. The molecule has 0 aromatic carbocycles. The molecule has 0 aliphatic heterocycles. The summed E-state index contributed by atoms with van der Waals surface area (Å²) in [5, 5.41) is 5.38. The molecule has 1 aromatic heterocycles. The second-order valence-corrected chi connectivity index (χ2v) is 6.89. The van der Waals surface area contributed by atoms with Crippen LogP contribution in [0.2, 0.25) is 0 Å². The van der Waals surface area contributed by atoms with Gasteiger partial charge in [-0.1, -0.05) is 6.92 Å². The summed E-state index contributed by atoms with van der Waals surface area (Å²) in [6, 6.07) is 1.90. The smallest absolute Gasteiger partial charge is 0.407 e. The van der Waals surface area contributed by atoms with Gasteiger partial charge in [0.05, 0.1) is 4.88 Å². The molecular formula is C15H24N2O3S. The minimum Gasteiger partial charge on any atom is -0.444 e. The van der Waals surface area contributed by atoms with Gasteiger partial charge in [-0.25, -0.2) is 4.79 Å². The van der Waals surface area contributed by atoms with E-state index in [1.807, 2.05) is 13.0 Å². The Morgan fingerprint density at radius 2 is 1.86 bits per heavy atom. The first-order valence-corrected chi connectivity index (χ1v) is 7.89. The predicted octanol–water partition coefficient (Wildman–Crippen LogP) is 2.87. The van der Waals surface area contributed by atoms with Gasteiger partial charge < -0.3 is 15.4 Å². The molecule has 0 unspecified atom stereocenters. The Labute approximate surface area is 130 Å². The molecule has 6 heteroatoms. The van der Waals surface area contributed by atoms with Crippen LogP contribution in [-0.4, -0.2) is 30.7 Å². The number of hydrogen-bond acceptors (Lipinski definition) is 4. The quantitative estimate of drug-likeness (QED) is 0.822. The van der Waals surface area contributed by atoms with E-state index in [1.165, 1.54) is 16.2 Å². The van der Waals surface area contributed by atoms with Gasteiger partial charge in [-0.05, 0) is 45.7 Å². The number of aryl methyl sites for hydroxylation is 2. The van der Waals surface area contributed by atoms with Crippen molar-refractivity contribution in [3.05, 3.63) is 21.4 Å². The van der Waals surface area contributed by atoms with Crippen molar-refractivity contribution in [3.63, 3.8) is 0 Å². The Hall–Kier alpha value is -1.56. The molecule has 0 aliphatic carbocycles. The first-order chi connectivity index (χ1) is 9.73. The van der Waals surface area contributed by atoms with E-state index in [0.717, 1.165) is 12.0 Å². The lowest BCUT2D eigenvalue weighted by atomic mass is 10.2. The van der Waals surface area contributed by atoms with Crippen LogP contribution in [0.15, 0.2) is 6.07 Å². The number of alkyl carbamates (subject to hydrolysis) is 1. The van der Waals surface area contributed by atoms with Gasteiger partial charge in [-0.3, -0.25) is 4.79 Å². The van der Waals surface area contributed by atoms with Crippen molar-refractivity contribution in [2.24, 2.45) is 0 Å². The molecule has 118 valence electrons. The molecule has 2 amide bonds. The molecule has 2 N–H and O–H groups in total. The third-order valence-corrected chi connectivity index (χ3v) is 4.02. The monoisotopic (exact) mass is 312 g/mol. The molecule has 1 aromatic rings. The zero-order valence-corrected chi connectivity index (χ0v) is 14.1. The normalized spacial score (nSPS) is 11.1. The zero-order chi connectivity index (χ0) is 16.0. The number of amides is 2. The van der Waals surface area contributed by atoms with E-state index >= 15 is 0 Å². The van der Waals surface area contributed by atoms with Crippen LogP contribution in [0.4, 0.5) is 4.79 Å². The summed E-state index contributed by atoms with van der Waals surface area (Å²) in [5.74, 6) is -0.103. The van der Waals surface area contributed by atoms with Gasteiger partial charge in [-0.2, -0.15) is 0 Å². The largest absolute Gasteiger partial charge is 0.444 e. The first kappa shape index (κ1) is 17.5. The lowest BCUT2D eigenvalue weighted by molar-refractivity contribution is 0.0526. The van der Waals surface area contributed by atoms with Crippen LogP contribution >= 0.6 is 11.3 Å². The molecular weight excluding hydrogens is 288 g/mol. The van der Waals surface area contributed by atoms with Crippen LogP contribution < -0.4 is 10.6 Å². The summed E-state index contributed by atoms with van der Waals surface area (Å²) in [6.45, 7) is 10.2. The summed E-state index contributed by atoms with van der Waals surface area (Å²) in [7, 11) is 0. The van der Waals surface area contributed by atoms with Crippen molar-refractivity contribution in [2.45, 2.75) is 46.6 Å². The highest BCUT2D eigenvalue weighted by atomic mass is 32.1. The highest BCUT2D eigenvalue weighted by Gasteiger charge is 2.15. The minimum atomic E-state index is -0.515. The second-order valence-electron chi connectivity index (χ2n) is 5.75. The summed E-state index contributed by atoms with van der Waals surface area (Å²) < 4.78 is 5.10. The molecule has 0 atom stereocenters. The molecule has 5 nitrogen and oxygen atoms in total. The molecule has 0 aliphatic rings. The van der Waals surface area contributed by atoms with E-state index in [1.54, 1.807) is 20.8 Å². The second kappa shape index (κ2) is 7.45. The number of rotatable bonds is 5. The van der Waals surface area contributed by atoms with E-state index in [0.29, 0.717) is 18.0 Å². The number of nitrogens with one attached hydrogen (secondary N) is 2. The molecule has 1 rings (SSSR count). The molecule has 0 bridgehead atoms. The van der Waals surface area contributed by atoms with Crippen LogP contribution in [-0.2, 0) is 11.2 Å². The molecule has 0 saturated heterocycles. The zero-order valence-electron chi connectivity index (χ0n) is 13.3. The van der Waals surface area contributed by atoms with Gasteiger partial charge in [0.15, 0.2) is 0 Å². The van der Waals surface area contributed by atoms with Gasteiger partial charge in [0.25, 0.3) is 5.91 Å². The average molecular weight is 312 g/mol. The van der Waals surface area contributed by atoms with Crippen molar-refractivity contribution in [1.82, 2.24) is 10.6 Å². The summed E-state index contributed by atoms with van der Waals surface area (Å²) in [5.41, 5.74) is 0.637. The Kier molecular flexibility index (Phi) is 6.20. The Bertz CT molecular complexity index is 504. The molecule has 0 fully saturated rings. The van der Waals surface area contributed by atoms with Gasteiger partial charge >= 0.3 is 6.09 Å². The maximum Gasteiger partial charge on any atom is 0.407 e. The van der Waals surface area contributed by atoms with Gasteiger partial charge in [0.2, 0.25) is 0 Å². The maximum atomic E-state index is 12.0. The molecule has 0 radical (unpaired) electrons. The van der Waals surface area contributed by atoms with Crippen molar-refractivity contribution in [3.8, 4) is 0 Å². The highest BCUT2D eigenvalue weighted by Crippen LogP contribution is 2.22. The first-order valence-electron chi connectivity index (χ1n) is 7.07. The van der Waals surface area contributed by atoms with Gasteiger partial charge in [-0.15, -0.1) is 11.3 Å². The fraction of sp³-hybridized carbons (Fsp3) is 0.600. The maximum absolute atomic E-state index is 12.0.